The molecule has 0 amide bonds. The second kappa shape index (κ2) is 5.66. The van der Waals surface area contributed by atoms with Crippen molar-refractivity contribution < 1.29 is 0 Å². The van der Waals surface area contributed by atoms with Gasteiger partial charge in [-0.25, -0.2) is 0 Å². The highest BCUT2D eigenvalue weighted by atomic mass is 35.5. The third kappa shape index (κ3) is 3.01. The van der Waals surface area contributed by atoms with Crippen molar-refractivity contribution in [1.82, 2.24) is 5.32 Å². The minimum atomic E-state index is 0.660. The van der Waals surface area contributed by atoms with E-state index in [0.29, 0.717) is 11.6 Å². The summed E-state index contributed by atoms with van der Waals surface area (Å²) in [5, 5.41) is 13.3. The van der Waals surface area contributed by atoms with E-state index in [0.717, 1.165) is 22.7 Å². The molecule has 0 saturated heterocycles. The highest BCUT2D eigenvalue weighted by Gasteiger charge is 2.20. The van der Waals surface area contributed by atoms with Crippen LogP contribution in [0.3, 0.4) is 0 Å². The van der Waals surface area contributed by atoms with E-state index in [4.69, 9.17) is 16.9 Å². The van der Waals surface area contributed by atoms with E-state index in [2.05, 4.69) is 11.4 Å². The minimum Gasteiger partial charge on any atom is -0.310 e. The lowest BCUT2D eigenvalue weighted by atomic mass is 9.98. The summed E-state index contributed by atoms with van der Waals surface area (Å²) >= 11 is 6.11. The molecule has 0 spiro atoms. The Morgan fingerprint density at radius 2 is 2.05 bits per heavy atom. The van der Waals surface area contributed by atoms with Gasteiger partial charge >= 0.3 is 0 Å². The molecule has 0 heterocycles. The standard InChI is InChI=1S/C17H15ClN2/c18-15-4-7-17(13-3-1-2-12(8-13)10-19)14(9-15)11-20-16-5-6-16/h1-4,7-9,16,20H,5-6,11H2. The van der Waals surface area contributed by atoms with Crippen LogP contribution in [-0.2, 0) is 6.54 Å². The predicted octanol–water partition coefficient (Wildman–Crippen LogP) is 4.13. The van der Waals surface area contributed by atoms with Crippen LogP contribution in [0.2, 0.25) is 5.02 Å². The van der Waals surface area contributed by atoms with Crippen molar-refractivity contribution in [2.24, 2.45) is 0 Å². The molecule has 1 aliphatic carbocycles. The van der Waals surface area contributed by atoms with E-state index < -0.39 is 0 Å². The molecule has 1 fully saturated rings. The van der Waals surface area contributed by atoms with Gasteiger partial charge in [0.2, 0.25) is 0 Å². The first kappa shape index (κ1) is 13.2. The van der Waals surface area contributed by atoms with Crippen LogP contribution in [0, 0.1) is 11.3 Å². The van der Waals surface area contributed by atoms with Crippen LogP contribution >= 0.6 is 11.6 Å². The number of nitrogens with zero attached hydrogens (tertiary/aromatic N) is 1. The van der Waals surface area contributed by atoms with Crippen molar-refractivity contribution in [2.45, 2.75) is 25.4 Å². The van der Waals surface area contributed by atoms with Crippen molar-refractivity contribution in [3.05, 3.63) is 58.6 Å². The zero-order valence-corrected chi connectivity index (χ0v) is 11.8. The van der Waals surface area contributed by atoms with E-state index in [1.807, 2.05) is 42.5 Å². The number of hydrogen-bond donors (Lipinski definition) is 1. The Kier molecular flexibility index (Phi) is 3.73. The Morgan fingerprint density at radius 1 is 1.20 bits per heavy atom. The molecule has 0 aliphatic heterocycles. The van der Waals surface area contributed by atoms with Crippen LogP contribution in [0.25, 0.3) is 11.1 Å². The van der Waals surface area contributed by atoms with Crippen LogP contribution in [-0.4, -0.2) is 6.04 Å². The summed E-state index contributed by atoms with van der Waals surface area (Å²) in [5.41, 5.74) is 4.06. The summed E-state index contributed by atoms with van der Waals surface area (Å²) in [6, 6.07) is 16.5. The summed E-state index contributed by atoms with van der Waals surface area (Å²) in [6.07, 6.45) is 2.53. The molecule has 1 aliphatic rings. The fourth-order valence-electron chi connectivity index (χ4n) is 2.29. The van der Waals surface area contributed by atoms with Crippen LogP contribution < -0.4 is 5.32 Å². The van der Waals surface area contributed by atoms with Crippen molar-refractivity contribution in [3.8, 4) is 17.2 Å². The molecular formula is C17H15ClN2. The molecule has 0 aromatic heterocycles. The minimum absolute atomic E-state index is 0.660. The largest absolute Gasteiger partial charge is 0.310 e. The Balaban J connectivity index is 1.95. The maximum atomic E-state index is 9.02. The number of halogens is 1. The molecule has 20 heavy (non-hydrogen) atoms. The Labute approximate surface area is 124 Å². The van der Waals surface area contributed by atoms with Gasteiger partial charge in [0.1, 0.15) is 0 Å². The molecule has 2 aromatic rings. The SMILES string of the molecule is N#Cc1cccc(-c2ccc(Cl)cc2CNC2CC2)c1. The quantitative estimate of drug-likeness (QED) is 0.915. The van der Waals surface area contributed by atoms with Gasteiger partial charge in [-0.15, -0.1) is 0 Å². The number of nitrogens with one attached hydrogen (secondary N) is 1. The molecule has 3 rings (SSSR count). The summed E-state index contributed by atoms with van der Waals surface area (Å²) < 4.78 is 0. The van der Waals surface area contributed by atoms with Crippen molar-refractivity contribution in [1.29, 1.82) is 5.26 Å². The second-order valence-corrected chi connectivity index (χ2v) is 5.59. The molecular weight excluding hydrogens is 268 g/mol. The van der Waals surface area contributed by atoms with Gasteiger partial charge in [0.05, 0.1) is 11.6 Å². The fraction of sp³-hybridized carbons (Fsp3) is 0.235. The Hall–Kier alpha value is -1.82. The number of rotatable bonds is 4. The average Bonchev–Trinajstić information content (AvgIpc) is 3.29. The lowest BCUT2D eigenvalue weighted by molar-refractivity contribution is 0.689. The second-order valence-electron chi connectivity index (χ2n) is 5.15. The zero-order valence-electron chi connectivity index (χ0n) is 11.1. The van der Waals surface area contributed by atoms with Crippen LogP contribution in [0.1, 0.15) is 24.0 Å². The highest BCUT2D eigenvalue weighted by Crippen LogP contribution is 2.28. The maximum absolute atomic E-state index is 9.02. The molecule has 1 N–H and O–H groups in total. The van der Waals surface area contributed by atoms with Crippen LogP contribution in [0.15, 0.2) is 42.5 Å². The van der Waals surface area contributed by atoms with E-state index in [1.54, 1.807) is 0 Å². The zero-order chi connectivity index (χ0) is 13.9. The Bertz CT molecular complexity index is 669. The van der Waals surface area contributed by atoms with Gasteiger partial charge in [-0.3, -0.25) is 0 Å². The molecule has 1 saturated carbocycles. The molecule has 2 aromatic carbocycles. The Morgan fingerprint density at radius 3 is 2.80 bits per heavy atom. The normalized spacial score (nSPS) is 14.0. The van der Waals surface area contributed by atoms with Gasteiger partial charge in [0, 0.05) is 17.6 Å². The molecule has 3 heteroatoms. The first-order valence-corrected chi connectivity index (χ1v) is 7.16. The van der Waals surface area contributed by atoms with Gasteiger partial charge in [-0.1, -0.05) is 29.8 Å². The summed E-state index contributed by atoms with van der Waals surface area (Å²) in [7, 11) is 0. The third-order valence-electron chi connectivity index (χ3n) is 3.53. The van der Waals surface area contributed by atoms with Crippen LogP contribution in [0.5, 0.6) is 0 Å². The first-order valence-electron chi connectivity index (χ1n) is 6.78. The summed E-state index contributed by atoms with van der Waals surface area (Å²) in [6.45, 7) is 0.817. The molecule has 0 radical (unpaired) electrons. The molecule has 0 atom stereocenters. The summed E-state index contributed by atoms with van der Waals surface area (Å²) in [5.74, 6) is 0. The number of nitriles is 1. The third-order valence-corrected chi connectivity index (χ3v) is 3.76. The lowest BCUT2D eigenvalue weighted by Crippen LogP contribution is -2.15. The van der Waals surface area contributed by atoms with Gasteiger partial charge in [-0.05, 0) is 53.8 Å². The molecule has 2 nitrogen and oxygen atoms in total. The van der Waals surface area contributed by atoms with E-state index in [-0.39, 0.29) is 0 Å². The fourth-order valence-corrected chi connectivity index (χ4v) is 2.48. The lowest BCUT2D eigenvalue weighted by Gasteiger charge is -2.11. The number of benzene rings is 2. The monoisotopic (exact) mass is 282 g/mol. The topological polar surface area (TPSA) is 35.8 Å². The van der Waals surface area contributed by atoms with Gasteiger partial charge in [0.15, 0.2) is 0 Å². The van der Waals surface area contributed by atoms with Crippen molar-refractivity contribution >= 4 is 11.6 Å². The smallest absolute Gasteiger partial charge is 0.0991 e. The van der Waals surface area contributed by atoms with Gasteiger partial charge in [0.25, 0.3) is 0 Å². The van der Waals surface area contributed by atoms with E-state index in [1.165, 1.54) is 18.4 Å². The first-order chi connectivity index (χ1) is 9.76. The van der Waals surface area contributed by atoms with Crippen LogP contribution in [0.4, 0.5) is 0 Å². The maximum Gasteiger partial charge on any atom is 0.0991 e. The summed E-state index contributed by atoms with van der Waals surface area (Å²) in [4.78, 5) is 0. The van der Waals surface area contributed by atoms with Gasteiger partial charge in [-0.2, -0.15) is 5.26 Å². The average molecular weight is 283 g/mol. The molecule has 0 unspecified atom stereocenters. The van der Waals surface area contributed by atoms with Gasteiger partial charge < -0.3 is 5.32 Å². The number of hydrogen-bond acceptors (Lipinski definition) is 2. The highest BCUT2D eigenvalue weighted by molar-refractivity contribution is 6.30. The predicted molar refractivity (Wildman–Crippen MR) is 81.5 cm³/mol. The van der Waals surface area contributed by atoms with Crippen molar-refractivity contribution in [3.63, 3.8) is 0 Å². The van der Waals surface area contributed by atoms with Crippen molar-refractivity contribution in [2.75, 3.05) is 0 Å². The molecule has 0 bridgehead atoms. The molecule has 100 valence electrons. The van der Waals surface area contributed by atoms with E-state index in [9.17, 15) is 0 Å². The van der Waals surface area contributed by atoms with E-state index >= 15 is 0 Å².